The first-order valence-corrected chi connectivity index (χ1v) is 7.51. The molecule has 1 amide bonds. The van der Waals surface area contributed by atoms with Gasteiger partial charge >= 0.3 is 0 Å². The Morgan fingerprint density at radius 1 is 1.38 bits per heavy atom. The van der Waals surface area contributed by atoms with E-state index in [9.17, 15) is 9.59 Å². The first-order chi connectivity index (χ1) is 11.3. The second-order valence-electron chi connectivity index (χ2n) is 4.82. The number of carbonyl (C=O) groups excluding carboxylic acids is 2. The van der Waals surface area contributed by atoms with Crippen molar-refractivity contribution in [3.8, 4) is 11.8 Å². The van der Waals surface area contributed by atoms with E-state index < -0.39 is 5.91 Å². The molecule has 0 fully saturated rings. The predicted octanol–water partition coefficient (Wildman–Crippen LogP) is 3.99. The number of anilines is 1. The van der Waals surface area contributed by atoms with Crippen LogP contribution in [0.3, 0.4) is 0 Å². The number of nitriles is 1. The third-order valence-electron chi connectivity index (χ3n) is 3.05. The second kappa shape index (κ2) is 7.39. The van der Waals surface area contributed by atoms with Gasteiger partial charge in [-0.25, -0.2) is 0 Å². The molecule has 0 saturated heterocycles. The summed E-state index contributed by atoms with van der Waals surface area (Å²) in [5, 5.41) is 12.3. The first-order valence-electron chi connectivity index (χ1n) is 6.75. The molecule has 0 radical (unpaired) electrons. The van der Waals surface area contributed by atoms with Crippen molar-refractivity contribution in [2.75, 3.05) is 11.9 Å². The summed E-state index contributed by atoms with van der Waals surface area (Å²) in [6.45, 7) is 2.49. The van der Waals surface area contributed by atoms with Gasteiger partial charge in [-0.3, -0.25) is 14.9 Å². The SMILES string of the molecule is CC(=O)c1c(C)oc(NC(=O)COc2ccc(Cl)cc2Cl)c1C#N. The zero-order valence-electron chi connectivity index (χ0n) is 12.8. The molecule has 0 spiro atoms. The van der Waals surface area contributed by atoms with Gasteiger partial charge < -0.3 is 9.15 Å². The van der Waals surface area contributed by atoms with Crippen LogP contribution in [0.2, 0.25) is 10.0 Å². The number of ketones is 1. The van der Waals surface area contributed by atoms with Gasteiger partial charge in [-0.2, -0.15) is 5.26 Å². The number of hydrogen-bond acceptors (Lipinski definition) is 5. The average Bonchev–Trinajstić information content (AvgIpc) is 2.81. The Kier molecular flexibility index (Phi) is 5.50. The van der Waals surface area contributed by atoms with E-state index in [1.807, 2.05) is 6.07 Å². The molecule has 24 heavy (non-hydrogen) atoms. The van der Waals surface area contributed by atoms with Gasteiger partial charge in [0.15, 0.2) is 12.4 Å². The van der Waals surface area contributed by atoms with Gasteiger partial charge in [-0.05, 0) is 32.0 Å². The van der Waals surface area contributed by atoms with Crippen molar-refractivity contribution in [1.29, 1.82) is 5.26 Å². The molecular formula is C16H12Cl2N2O4. The van der Waals surface area contributed by atoms with Gasteiger partial charge in [0.05, 0.1) is 10.6 Å². The van der Waals surface area contributed by atoms with Gasteiger partial charge in [-0.1, -0.05) is 23.2 Å². The monoisotopic (exact) mass is 366 g/mol. The van der Waals surface area contributed by atoms with E-state index in [4.69, 9.17) is 37.6 Å². The number of rotatable bonds is 5. The number of nitrogens with one attached hydrogen (secondary N) is 1. The molecule has 1 heterocycles. The molecule has 0 aliphatic rings. The fourth-order valence-corrected chi connectivity index (χ4v) is 2.52. The van der Waals surface area contributed by atoms with E-state index in [2.05, 4.69) is 5.32 Å². The molecule has 0 aliphatic heterocycles. The Balaban J connectivity index is 2.09. The number of nitrogens with zero attached hydrogens (tertiary/aromatic N) is 1. The third-order valence-corrected chi connectivity index (χ3v) is 3.58. The fraction of sp³-hybridized carbons (Fsp3) is 0.188. The number of ether oxygens (including phenoxy) is 1. The molecule has 2 aromatic rings. The Bertz CT molecular complexity index is 852. The van der Waals surface area contributed by atoms with Crippen LogP contribution in [0, 0.1) is 18.3 Å². The number of hydrogen-bond donors (Lipinski definition) is 1. The quantitative estimate of drug-likeness (QED) is 0.807. The van der Waals surface area contributed by atoms with E-state index in [1.54, 1.807) is 6.07 Å². The Labute approximate surface area is 147 Å². The van der Waals surface area contributed by atoms with Crippen molar-refractivity contribution in [1.82, 2.24) is 0 Å². The molecule has 8 heteroatoms. The third kappa shape index (κ3) is 3.88. The molecule has 0 unspecified atom stereocenters. The highest BCUT2D eigenvalue weighted by Gasteiger charge is 2.22. The Morgan fingerprint density at radius 3 is 2.67 bits per heavy atom. The molecule has 2 rings (SSSR count). The molecule has 0 bridgehead atoms. The summed E-state index contributed by atoms with van der Waals surface area (Å²) in [6.07, 6.45) is 0. The minimum atomic E-state index is -0.568. The Morgan fingerprint density at radius 2 is 2.08 bits per heavy atom. The van der Waals surface area contributed by atoms with E-state index in [0.717, 1.165) is 0 Å². The van der Waals surface area contributed by atoms with Gasteiger partial charge in [0.1, 0.15) is 23.1 Å². The maximum absolute atomic E-state index is 12.0. The summed E-state index contributed by atoms with van der Waals surface area (Å²) in [5.74, 6) is -0.428. The van der Waals surface area contributed by atoms with Crippen LogP contribution in [0.25, 0.3) is 0 Å². The fourth-order valence-electron chi connectivity index (χ4n) is 2.06. The van der Waals surface area contributed by atoms with Crippen LogP contribution in [0.15, 0.2) is 22.6 Å². The van der Waals surface area contributed by atoms with Crippen molar-refractivity contribution in [2.45, 2.75) is 13.8 Å². The lowest BCUT2D eigenvalue weighted by molar-refractivity contribution is -0.118. The van der Waals surface area contributed by atoms with Crippen LogP contribution in [-0.4, -0.2) is 18.3 Å². The molecule has 0 aliphatic carbocycles. The summed E-state index contributed by atoms with van der Waals surface area (Å²) in [7, 11) is 0. The van der Waals surface area contributed by atoms with E-state index >= 15 is 0 Å². The molecule has 1 aromatic carbocycles. The standard InChI is InChI=1S/C16H12Cl2N2O4/c1-8(21)15-9(2)24-16(11(15)6-19)20-14(22)7-23-13-4-3-10(17)5-12(13)18/h3-5H,7H2,1-2H3,(H,20,22). The van der Waals surface area contributed by atoms with Crippen molar-refractivity contribution in [2.24, 2.45) is 0 Å². The first kappa shape index (κ1) is 17.9. The van der Waals surface area contributed by atoms with Crippen LogP contribution in [0.1, 0.15) is 28.6 Å². The molecule has 1 N–H and O–H groups in total. The van der Waals surface area contributed by atoms with Crippen molar-refractivity contribution in [3.05, 3.63) is 45.1 Å². The van der Waals surface area contributed by atoms with E-state index in [0.29, 0.717) is 5.02 Å². The second-order valence-corrected chi connectivity index (χ2v) is 5.66. The zero-order valence-corrected chi connectivity index (χ0v) is 14.3. The maximum atomic E-state index is 12.0. The Hall–Kier alpha value is -2.49. The number of Topliss-reactive ketones (excluding diaryl/α,β-unsaturated/α-hetero) is 1. The van der Waals surface area contributed by atoms with Crippen LogP contribution in [0.5, 0.6) is 5.75 Å². The summed E-state index contributed by atoms with van der Waals surface area (Å²) in [6, 6.07) is 6.44. The number of carbonyl (C=O) groups is 2. The van der Waals surface area contributed by atoms with Crippen LogP contribution in [0.4, 0.5) is 5.88 Å². The minimum Gasteiger partial charge on any atom is -0.482 e. The lowest BCUT2D eigenvalue weighted by Crippen LogP contribution is -2.20. The highest BCUT2D eigenvalue weighted by molar-refractivity contribution is 6.35. The van der Waals surface area contributed by atoms with Gasteiger partial charge in [0.2, 0.25) is 5.88 Å². The average molecular weight is 367 g/mol. The molecular weight excluding hydrogens is 355 g/mol. The number of halogens is 2. The van der Waals surface area contributed by atoms with E-state index in [1.165, 1.54) is 26.0 Å². The van der Waals surface area contributed by atoms with Crippen LogP contribution < -0.4 is 10.1 Å². The van der Waals surface area contributed by atoms with Gasteiger partial charge in [-0.15, -0.1) is 0 Å². The van der Waals surface area contributed by atoms with Crippen molar-refractivity contribution in [3.63, 3.8) is 0 Å². The van der Waals surface area contributed by atoms with Gasteiger partial charge in [0.25, 0.3) is 5.91 Å². The number of amides is 1. The van der Waals surface area contributed by atoms with E-state index in [-0.39, 0.29) is 45.9 Å². The molecule has 6 nitrogen and oxygen atoms in total. The summed E-state index contributed by atoms with van der Waals surface area (Å²) in [4.78, 5) is 23.5. The highest BCUT2D eigenvalue weighted by atomic mass is 35.5. The van der Waals surface area contributed by atoms with Gasteiger partial charge in [0, 0.05) is 5.02 Å². The zero-order chi connectivity index (χ0) is 17.9. The normalized spacial score (nSPS) is 10.1. The van der Waals surface area contributed by atoms with Crippen molar-refractivity contribution >= 4 is 40.8 Å². The smallest absolute Gasteiger partial charge is 0.264 e. The number of aryl methyl sites for hydroxylation is 1. The summed E-state index contributed by atoms with van der Waals surface area (Å²) >= 11 is 11.7. The van der Waals surface area contributed by atoms with Crippen LogP contribution >= 0.6 is 23.2 Å². The lowest BCUT2D eigenvalue weighted by Gasteiger charge is -2.08. The number of furan rings is 1. The molecule has 124 valence electrons. The largest absolute Gasteiger partial charge is 0.482 e. The lowest BCUT2D eigenvalue weighted by atomic mass is 10.1. The highest BCUT2D eigenvalue weighted by Crippen LogP contribution is 2.28. The molecule has 1 aromatic heterocycles. The number of benzene rings is 1. The summed E-state index contributed by atoms with van der Waals surface area (Å²) in [5.41, 5.74) is 0.132. The maximum Gasteiger partial charge on any atom is 0.264 e. The van der Waals surface area contributed by atoms with Crippen LogP contribution in [-0.2, 0) is 4.79 Å². The molecule has 0 atom stereocenters. The van der Waals surface area contributed by atoms with Crippen molar-refractivity contribution < 1.29 is 18.7 Å². The molecule has 0 saturated carbocycles. The summed E-state index contributed by atoms with van der Waals surface area (Å²) < 4.78 is 10.6. The minimum absolute atomic E-state index is 0.0159. The predicted molar refractivity (Wildman–Crippen MR) is 88.8 cm³/mol. The topological polar surface area (TPSA) is 92.3 Å².